The minimum atomic E-state index is -0.616. The van der Waals surface area contributed by atoms with Gasteiger partial charge in [0.05, 0.1) is 5.39 Å². The topological polar surface area (TPSA) is 83.4 Å². The standard InChI is InChI=1S/C23H19ClFN5O2/c24-17-6-2-4-12-3-1-5-15(18(12)17)20-19(25)21-16(9-26-20)22(29-23(28-21)32-31)30-10-13-7-8-14(11-30)27-13/h1-6,9,13-14,27,31H,7-8,10-11H2. The van der Waals surface area contributed by atoms with E-state index in [-0.39, 0.29) is 17.2 Å². The highest BCUT2D eigenvalue weighted by Gasteiger charge is 2.34. The average Bonchev–Trinajstić information content (AvgIpc) is 3.16. The van der Waals surface area contributed by atoms with Gasteiger partial charge in [-0.3, -0.25) is 9.87 Å². The summed E-state index contributed by atoms with van der Waals surface area (Å²) in [5.74, 6) is -0.110. The predicted octanol–water partition coefficient (Wildman–Crippen LogP) is 4.43. The molecule has 4 heterocycles. The van der Waals surface area contributed by atoms with Crippen molar-refractivity contribution < 1.29 is 14.5 Å². The molecular weight excluding hydrogens is 433 g/mol. The smallest absolute Gasteiger partial charge is 0.353 e. The third-order valence-corrected chi connectivity index (χ3v) is 6.67. The summed E-state index contributed by atoms with van der Waals surface area (Å²) in [7, 11) is 0. The third kappa shape index (κ3) is 3.06. The molecule has 7 nitrogen and oxygen atoms in total. The quantitative estimate of drug-likeness (QED) is 0.352. The van der Waals surface area contributed by atoms with Gasteiger partial charge in [0.2, 0.25) is 0 Å². The van der Waals surface area contributed by atoms with E-state index in [1.165, 1.54) is 0 Å². The molecule has 2 bridgehead atoms. The van der Waals surface area contributed by atoms with Crippen LogP contribution >= 0.6 is 11.6 Å². The summed E-state index contributed by atoms with van der Waals surface area (Å²) in [6.07, 6.45) is 3.77. The molecule has 0 radical (unpaired) electrons. The van der Waals surface area contributed by atoms with E-state index in [1.807, 2.05) is 24.3 Å². The first kappa shape index (κ1) is 19.6. The van der Waals surface area contributed by atoms with Crippen LogP contribution in [0.4, 0.5) is 10.2 Å². The molecule has 2 aliphatic heterocycles. The van der Waals surface area contributed by atoms with Gasteiger partial charge >= 0.3 is 6.01 Å². The van der Waals surface area contributed by atoms with E-state index in [9.17, 15) is 5.26 Å². The largest absolute Gasteiger partial charge is 0.355 e. The lowest BCUT2D eigenvalue weighted by atomic mass is 10.0. The highest BCUT2D eigenvalue weighted by Crippen LogP contribution is 2.37. The maximum absolute atomic E-state index is 15.9. The zero-order chi connectivity index (χ0) is 21.8. The van der Waals surface area contributed by atoms with E-state index in [4.69, 9.17) is 11.6 Å². The van der Waals surface area contributed by atoms with Gasteiger partial charge in [0.25, 0.3) is 0 Å². The first-order valence-corrected chi connectivity index (χ1v) is 10.9. The van der Waals surface area contributed by atoms with Crippen LogP contribution < -0.4 is 15.1 Å². The number of nitrogens with one attached hydrogen (secondary N) is 1. The molecule has 2 aromatic heterocycles. The Kier molecular flexibility index (Phi) is 4.60. The maximum atomic E-state index is 15.9. The first-order valence-electron chi connectivity index (χ1n) is 10.5. The minimum Gasteiger partial charge on any atom is -0.353 e. The number of nitrogens with zero attached hydrogens (tertiary/aromatic N) is 4. The summed E-state index contributed by atoms with van der Waals surface area (Å²) in [6.45, 7) is 1.46. The number of rotatable bonds is 3. The van der Waals surface area contributed by atoms with Gasteiger partial charge in [-0.2, -0.15) is 15.2 Å². The molecule has 0 aliphatic carbocycles. The molecule has 2 N–H and O–H groups in total. The zero-order valence-electron chi connectivity index (χ0n) is 16.9. The summed E-state index contributed by atoms with van der Waals surface area (Å²) in [5, 5.41) is 15.4. The minimum absolute atomic E-state index is 0.0407. The van der Waals surface area contributed by atoms with E-state index in [1.54, 1.807) is 18.3 Å². The highest BCUT2D eigenvalue weighted by molar-refractivity contribution is 6.36. The van der Waals surface area contributed by atoms with Crippen molar-refractivity contribution in [2.24, 2.45) is 0 Å². The number of hydrogen-bond acceptors (Lipinski definition) is 7. The van der Waals surface area contributed by atoms with Crippen LogP contribution in [0.1, 0.15) is 12.8 Å². The molecule has 2 fully saturated rings. The Morgan fingerprint density at radius 1 is 1.09 bits per heavy atom. The second-order valence-corrected chi connectivity index (χ2v) is 8.70. The maximum Gasteiger partial charge on any atom is 0.355 e. The number of benzene rings is 2. The zero-order valence-corrected chi connectivity index (χ0v) is 17.7. The van der Waals surface area contributed by atoms with Crippen molar-refractivity contribution in [3.8, 4) is 17.3 Å². The van der Waals surface area contributed by atoms with Gasteiger partial charge in [-0.15, -0.1) is 0 Å². The molecule has 2 saturated heterocycles. The Bertz CT molecular complexity index is 1350. The SMILES string of the molecule is OOc1nc(N2CC3CCC(C2)N3)c2cnc(-c3cccc4cccc(Cl)c34)c(F)c2n1. The van der Waals surface area contributed by atoms with E-state index in [0.29, 0.717) is 39.3 Å². The van der Waals surface area contributed by atoms with Gasteiger partial charge in [0, 0.05) is 47.3 Å². The fourth-order valence-electron chi connectivity index (χ4n) is 4.95. The molecule has 6 rings (SSSR count). The number of halogens is 2. The molecule has 0 spiro atoms. The lowest BCUT2D eigenvalue weighted by molar-refractivity contribution is -0.145. The number of piperazine rings is 1. The Hall–Kier alpha value is -3.07. The Labute approximate surface area is 187 Å². The van der Waals surface area contributed by atoms with Crippen LogP contribution in [0.25, 0.3) is 32.9 Å². The Balaban J connectivity index is 1.56. The molecule has 9 heteroatoms. The van der Waals surface area contributed by atoms with Crippen LogP contribution in [-0.2, 0) is 0 Å². The van der Waals surface area contributed by atoms with Gasteiger partial charge in [-0.05, 0) is 24.3 Å². The second-order valence-electron chi connectivity index (χ2n) is 8.29. The molecule has 0 saturated carbocycles. The van der Waals surface area contributed by atoms with Crippen LogP contribution in [-0.4, -0.2) is 45.4 Å². The number of aromatic nitrogens is 3. The first-order chi connectivity index (χ1) is 15.6. The molecule has 2 aliphatic rings. The summed E-state index contributed by atoms with van der Waals surface area (Å²) in [4.78, 5) is 19.3. The highest BCUT2D eigenvalue weighted by atomic mass is 35.5. The lowest BCUT2D eigenvalue weighted by Gasteiger charge is -2.34. The predicted molar refractivity (Wildman–Crippen MR) is 121 cm³/mol. The number of hydrogen-bond donors (Lipinski definition) is 2. The Morgan fingerprint density at radius 2 is 1.84 bits per heavy atom. The van der Waals surface area contributed by atoms with E-state index in [0.717, 1.165) is 31.3 Å². The average molecular weight is 452 g/mol. The lowest BCUT2D eigenvalue weighted by Crippen LogP contribution is -2.51. The van der Waals surface area contributed by atoms with Crippen molar-refractivity contribution in [3.63, 3.8) is 0 Å². The van der Waals surface area contributed by atoms with E-state index >= 15 is 4.39 Å². The fourth-order valence-corrected chi connectivity index (χ4v) is 5.24. The van der Waals surface area contributed by atoms with Gasteiger partial charge in [0.15, 0.2) is 5.82 Å². The number of anilines is 1. The van der Waals surface area contributed by atoms with Crippen molar-refractivity contribution >= 4 is 39.1 Å². The fraction of sp³-hybridized carbons (Fsp3) is 0.261. The van der Waals surface area contributed by atoms with Crippen LogP contribution in [0.2, 0.25) is 5.02 Å². The van der Waals surface area contributed by atoms with Gasteiger partial charge in [0.1, 0.15) is 17.0 Å². The van der Waals surface area contributed by atoms with Gasteiger partial charge in [-0.25, -0.2) is 4.39 Å². The molecule has 4 aromatic rings. The van der Waals surface area contributed by atoms with Crippen molar-refractivity contribution in [2.75, 3.05) is 18.0 Å². The third-order valence-electron chi connectivity index (χ3n) is 6.35. The Morgan fingerprint density at radius 3 is 2.59 bits per heavy atom. The van der Waals surface area contributed by atoms with Crippen molar-refractivity contribution in [2.45, 2.75) is 24.9 Å². The monoisotopic (exact) mass is 451 g/mol. The normalized spacial score (nSPS) is 20.3. The summed E-state index contributed by atoms with van der Waals surface area (Å²) in [6, 6.07) is 11.5. The van der Waals surface area contributed by atoms with Gasteiger partial charge in [-0.1, -0.05) is 41.9 Å². The van der Waals surface area contributed by atoms with Crippen LogP contribution in [0, 0.1) is 5.82 Å². The summed E-state index contributed by atoms with van der Waals surface area (Å²) in [5.41, 5.74) is 0.739. The van der Waals surface area contributed by atoms with Gasteiger partial charge < -0.3 is 10.2 Å². The molecular formula is C23H19ClFN5O2. The number of pyridine rings is 1. The van der Waals surface area contributed by atoms with Crippen molar-refractivity contribution in [1.82, 2.24) is 20.3 Å². The van der Waals surface area contributed by atoms with Crippen LogP contribution in [0.3, 0.4) is 0 Å². The number of fused-ring (bicyclic) bond motifs is 4. The summed E-state index contributed by atoms with van der Waals surface area (Å²) < 4.78 is 15.9. The molecule has 2 aromatic carbocycles. The van der Waals surface area contributed by atoms with Crippen molar-refractivity contribution in [3.05, 3.63) is 53.4 Å². The molecule has 32 heavy (non-hydrogen) atoms. The molecule has 2 unspecified atom stereocenters. The van der Waals surface area contributed by atoms with Crippen LogP contribution in [0.5, 0.6) is 6.01 Å². The molecule has 162 valence electrons. The van der Waals surface area contributed by atoms with Crippen LogP contribution in [0.15, 0.2) is 42.6 Å². The molecule has 0 amide bonds. The molecule has 2 atom stereocenters. The van der Waals surface area contributed by atoms with Crippen molar-refractivity contribution in [1.29, 1.82) is 0 Å². The van der Waals surface area contributed by atoms with E-state index in [2.05, 4.69) is 30.1 Å². The summed E-state index contributed by atoms with van der Waals surface area (Å²) >= 11 is 6.45. The van der Waals surface area contributed by atoms with E-state index < -0.39 is 5.82 Å². The second kappa shape index (κ2) is 7.51.